The van der Waals surface area contributed by atoms with Crippen LogP contribution in [0.5, 0.6) is 0 Å². The van der Waals surface area contributed by atoms with E-state index < -0.39 is 10.0 Å². The number of hydrogen-bond acceptors (Lipinski definition) is 5. The summed E-state index contributed by atoms with van der Waals surface area (Å²) in [5, 5.41) is 8.11. The molecule has 1 unspecified atom stereocenters. The summed E-state index contributed by atoms with van der Waals surface area (Å²) in [5.74, 6) is -0.693. The largest absolute Gasteiger partial charge is 0.283 e. The maximum atomic E-state index is 14.0. The van der Waals surface area contributed by atoms with Gasteiger partial charge in [-0.3, -0.25) is 4.84 Å². The molecule has 7 nitrogen and oxygen atoms in total. The molecule has 0 bridgehead atoms. The van der Waals surface area contributed by atoms with E-state index in [2.05, 4.69) is 9.50 Å². The van der Waals surface area contributed by atoms with Crippen LogP contribution in [0.3, 0.4) is 0 Å². The van der Waals surface area contributed by atoms with Gasteiger partial charge in [0.05, 0.1) is 30.2 Å². The van der Waals surface area contributed by atoms with Crippen LogP contribution in [0.15, 0.2) is 87.2 Å². The summed E-state index contributed by atoms with van der Waals surface area (Å²) < 4.78 is 42.8. The molecule has 4 rings (SSSR count). The first-order valence-electron chi connectivity index (χ1n) is 10.0. The smallest absolute Gasteiger partial charge is 0.255 e. The van der Waals surface area contributed by atoms with Crippen molar-refractivity contribution in [3.05, 3.63) is 99.8 Å². The van der Waals surface area contributed by atoms with Crippen molar-refractivity contribution < 1.29 is 17.6 Å². The van der Waals surface area contributed by atoms with E-state index in [-0.39, 0.29) is 23.2 Å². The molecule has 34 heavy (non-hydrogen) atoms. The van der Waals surface area contributed by atoms with E-state index >= 15 is 0 Å². The molecule has 11 heteroatoms. The summed E-state index contributed by atoms with van der Waals surface area (Å²) in [6, 6.07) is 19.0. The molecule has 1 aliphatic heterocycles. The number of sulfonamides is 1. The molecule has 3 aromatic carbocycles. The number of hydrogen-bond donors (Lipinski definition) is 0. The van der Waals surface area contributed by atoms with Gasteiger partial charge in [-0.2, -0.15) is 18.6 Å². The first-order valence-corrected chi connectivity index (χ1v) is 12.2. The molecule has 1 atom stereocenters. The second-order valence-corrected chi connectivity index (χ2v) is 9.79. The van der Waals surface area contributed by atoms with Crippen molar-refractivity contribution in [2.75, 3.05) is 13.7 Å². The first-order chi connectivity index (χ1) is 16.3. The van der Waals surface area contributed by atoms with Crippen LogP contribution in [0.25, 0.3) is 0 Å². The van der Waals surface area contributed by atoms with E-state index in [4.69, 9.17) is 28.0 Å². The van der Waals surface area contributed by atoms with Crippen molar-refractivity contribution >= 4 is 45.3 Å². The zero-order valence-corrected chi connectivity index (χ0v) is 20.2. The predicted octanol–water partition coefficient (Wildman–Crippen LogP) is 5.13. The Hall–Kier alpha value is -2.98. The lowest BCUT2D eigenvalue weighted by Gasteiger charge is -2.25. The zero-order valence-electron chi connectivity index (χ0n) is 17.8. The lowest BCUT2D eigenvalue weighted by molar-refractivity contribution is -0.202. The lowest BCUT2D eigenvalue weighted by atomic mass is 9.91. The van der Waals surface area contributed by atoms with Crippen molar-refractivity contribution in [2.24, 2.45) is 9.50 Å². The van der Waals surface area contributed by atoms with Gasteiger partial charge in [-0.05, 0) is 59.7 Å². The Balaban J connectivity index is 1.65. The molecule has 0 saturated heterocycles. The van der Waals surface area contributed by atoms with Crippen LogP contribution in [0, 0.1) is 5.82 Å². The average Bonchev–Trinajstić information content (AvgIpc) is 3.25. The van der Waals surface area contributed by atoms with Crippen molar-refractivity contribution in [3.63, 3.8) is 0 Å². The van der Waals surface area contributed by atoms with Crippen LogP contribution in [0.4, 0.5) is 4.39 Å². The zero-order chi connectivity index (χ0) is 24.3. The van der Waals surface area contributed by atoms with Crippen LogP contribution in [0.1, 0.15) is 17.0 Å². The number of hydrazone groups is 1. The van der Waals surface area contributed by atoms with Gasteiger partial charge in [-0.15, -0.1) is 9.57 Å². The van der Waals surface area contributed by atoms with E-state index in [0.29, 0.717) is 21.3 Å². The van der Waals surface area contributed by atoms with Crippen molar-refractivity contribution in [1.82, 2.24) is 10.3 Å². The number of benzene rings is 3. The minimum absolute atomic E-state index is 0.0198. The molecule has 0 saturated carbocycles. The quantitative estimate of drug-likeness (QED) is 0.245. The van der Waals surface area contributed by atoms with Crippen LogP contribution in [0.2, 0.25) is 10.0 Å². The van der Waals surface area contributed by atoms with Crippen LogP contribution in [-0.2, 0) is 14.9 Å². The Bertz CT molecular complexity index is 1330. The Kier molecular flexibility index (Phi) is 7.18. The fourth-order valence-electron chi connectivity index (χ4n) is 3.45. The molecule has 0 aliphatic carbocycles. The highest BCUT2D eigenvalue weighted by molar-refractivity contribution is 7.90. The van der Waals surface area contributed by atoms with Gasteiger partial charge in [0.1, 0.15) is 5.82 Å². The molecule has 1 heterocycles. The average molecular weight is 521 g/mol. The van der Waals surface area contributed by atoms with Gasteiger partial charge in [0.25, 0.3) is 10.0 Å². The normalized spacial score (nSPS) is 16.2. The molecule has 0 radical (unpaired) electrons. The monoisotopic (exact) mass is 520 g/mol. The van der Waals surface area contributed by atoms with Crippen molar-refractivity contribution in [1.29, 1.82) is 0 Å². The maximum Gasteiger partial charge on any atom is 0.283 e. The van der Waals surface area contributed by atoms with E-state index in [9.17, 15) is 12.8 Å². The van der Waals surface area contributed by atoms with Crippen molar-refractivity contribution in [2.45, 2.75) is 10.8 Å². The summed E-state index contributed by atoms with van der Waals surface area (Å²) in [6.45, 7) is 0.252. The molecular formula is C23H19Cl2FN4O3S. The molecule has 3 aromatic rings. The van der Waals surface area contributed by atoms with Crippen LogP contribution < -0.4 is 0 Å². The minimum atomic E-state index is -4.00. The fourth-order valence-corrected chi connectivity index (χ4v) is 4.50. The van der Waals surface area contributed by atoms with Crippen LogP contribution in [-0.4, -0.2) is 44.4 Å². The standard InChI is InChI=1S/C23H19Cl2FN4O3S/c1-33-30(15-27-34(31,32)21-11-9-19(25)10-12-21)29-14-22(17-3-2-4-20(26)13-17)23(28-29)16-5-7-18(24)8-6-16/h2-13,15,22H,14H2,1H3/b27-15+. The van der Waals surface area contributed by atoms with Crippen molar-refractivity contribution in [3.8, 4) is 0 Å². The van der Waals surface area contributed by atoms with E-state index in [1.165, 1.54) is 48.6 Å². The number of hydroxylamine groups is 1. The summed E-state index contributed by atoms with van der Waals surface area (Å²) in [6.07, 6.45) is 1.01. The highest BCUT2D eigenvalue weighted by Gasteiger charge is 2.32. The molecule has 0 aromatic heterocycles. The molecule has 176 valence electrons. The fraction of sp³-hybridized carbons (Fsp3) is 0.130. The topological polar surface area (TPSA) is 74.6 Å². The maximum absolute atomic E-state index is 14.0. The van der Waals surface area contributed by atoms with Gasteiger partial charge in [0.2, 0.25) is 0 Å². The number of rotatable bonds is 7. The summed E-state index contributed by atoms with van der Waals surface area (Å²) in [5.41, 5.74) is 2.12. The third-order valence-electron chi connectivity index (χ3n) is 5.10. The molecule has 0 N–H and O–H groups in total. The Morgan fingerprint density at radius 1 is 1.09 bits per heavy atom. The first kappa shape index (κ1) is 24.2. The molecular weight excluding hydrogens is 502 g/mol. The number of hydrazine groups is 1. The van der Waals surface area contributed by atoms with E-state index in [1.807, 2.05) is 12.1 Å². The van der Waals surface area contributed by atoms with Gasteiger partial charge in [0.15, 0.2) is 6.34 Å². The van der Waals surface area contributed by atoms with Gasteiger partial charge < -0.3 is 0 Å². The summed E-state index contributed by atoms with van der Waals surface area (Å²) >= 11 is 11.9. The summed E-state index contributed by atoms with van der Waals surface area (Å²) in [7, 11) is -2.65. The molecule has 0 spiro atoms. The van der Waals surface area contributed by atoms with Gasteiger partial charge >= 0.3 is 0 Å². The third kappa shape index (κ3) is 5.39. The highest BCUT2D eigenvalue weighted by atomic mass is 35.5. The van der Waals surface area contributed by atoms with Gasteiger partial charge in [-0.1, -0.05) is 47.5 Å². The molecule has 1 aliphatic rings. The SMILES string of the molecule is CON(/C=N/S(=O)(=O)c1ccc(Cl)cc1)N1CC(c2cccc(F)c2)C(c2ccc(Cl)cc2)=N1. The number of halogens is 3. The van der Waals surface area contributed by atoms with E-state index in [1.54, 1.807) is 24.3 Å². The Morgan fingerprint density at radius 3 is 2.35 bits per heavy atom. The van der Waals surface area contributed by atoms with Gasteiger partial charge in [0, 0.05) is 10.0 Å². The third-order valence-corrected chi connectivity index (χ3v) is 6.84. The number of nitrogens with zero attached hydrogens (tertiary/aromatic N) is 4. The molecule has 0 amide bonds. The lowest BCUT2D eigenvalue weighted by Crippen LogP contribution is -2.37. The van der Waals surface area contributed by atoms with E-state index in [0.717, 1.165) is 17.1 Å². The minimum Gasteiger partial charge on any atom is -0.255 e. The second kappa shape index (κ2) is 10.1. The highest BCUT2D eigenvalue weighted by Crippen LogP contribution is 2.30. The second-order valence-electron chi connectivity index (χ2n) is 7.29. The predicted molar refractivity (Wildman–Crippen MR) is 130 cm³/mol. The van der Waals surface area contributed by atoms with Gasteiger partial charge in [-0.25, -0.2) is 4.39 Å². The summed E-state index contributed by atoms with van der Waals surface area (Å²) in [4.78, 5) is 5.30. The Morgan fingerprint density at radius 2 is 1.74 bits per heavy atom. The Labute approximate surface area is 206 Å². The van der Waals surface area contributed by atoms with Crippen LogP contribution >= 0.6 is 23.2 Å². The molecule has 0 fully saturated rings.